The molecule has 5 nitrogen and oxygen atoms in total. The van der Waals surface area contributed by atoms with E-state index in [0.717, 1.165) is 15.0 Å². The Morgan fingerprint density at radius 2 is 2.21 bits per heavy atom. The molecule has 0 fully saturated rings. The minimum atomic E-state index is -1.01. The van der Waals surface area contributed by atoms with Crippen molar-refractivity contribution in [2.75, 3.05) is 0 Å². The number of carboxylic acid groups (broad SMARTS) is 1. The largest absolute Gasteiger partial charge is 0.506 e. The number of nitrogens with zero attached hydrogens (tertiary/aromatic N) is 2. The number of aromatic carboxylic acids is 1. The Bertz CT molecular complexity index is 788. The van der Waals surface area contributed by atoms with E-state index in [9.17, 15) is 15.0 Å². The fraction of sp³-hybridized carbons (Fsp3) is 0.0769. The molecule has 6 heteroatoms. The van der Waals surface area contributed by atoms with E-state index in [1.54, 1.807) is 19.2 Å². The monoisotopic (exact) mass is 274 g/mol. The molecule has 96 valence electrons. The van der Waals surface area contributed by atoms with E-state index >= 15 is 0 Å². The van der Waals surface area contributed by atoms with Gasteiger partial charge in [0.25, 0.3) is 0 Å². The lowest BCUT2D eigenvalue weighted by atomic mass is 10.2. The molecule has 1 aromatic carbocycles. The minimum absolute atomic E-state index is 0.161. The average molecular weight is 274 g/mol. The number of phenols is 1. The molecule has 3 rings (SSSR count). The van der Waals surface area contributed by atoms with Crippen molar-refractivity contribution >= 4 is 27.4 Å². The first-order chi connectivity index (χ1) is 9.08. The molecule has 3 aromatic rings. The number of carboxylic acids is 1. The highest BCUT2D eigenvalue weighted by Gasteiger charge is 2.19. The lowest BCUT2D eigenvalue weighted by molar-refractivity contribution is 0.0697. The van der Waals surface area contributed by atoms with Crippen molar-refractivity contribution in [1.82, 2.24) is 9.78 Å². The van der Waals surface area contributed by atoms with Crippen molar-refractivity contribution in [3.8, 4) is 16.3 Å². The Balaban J connectivity index is 2.28. The fourth-order valence-corrected chi connectivity index (χ4v) is 3.21. The minimum Gasteiger partial charge on any atom is -0.506 e. The summed E-state index contributed by atoms with van der Waals surface area (Å²) in [6, 6.07) is 7.12. The number of hydrogen-bond acceptors (Lipinski definition) is 4. The summed E-state index contributed by atoms with van der Waals surface area (Å²) in [5, 5.41) is 23.8. The van der Waals surface area contributed by atoms with Crippen LogP contribution in [0.25, 0.3) is 20.7 Å². The van der Waals surface area contributed by atoms with Crippen molar-refractivity contribution < 1.29 is 15.0 Å². The molecule has 0 bridgehead atoms. The first-order valence-electron chi connectivity index (χ1n) is 5.55. The van der Waals surface area contributed by atoms with Crippen LogP contribution in [0.2, 0.25) is 0 Å². The number of phenolic OH excluding ortho intramolecular Hbond substituents is 1. The Hall–Kier alpha value is -2.34. The van der Waals surface area contributed by atoms with Gasteiger partial charge in [0.15, 0.2) is 0 Å². The molecule has 0 saturated heterocycles. The summed E-state index contributed by atoms with van der Waals surface area (Å²) in [5.41, 5.74) is 0.710. The van der Waals surface area contributed by atoms with E-state index < -0.39 is 5.97 Å². The summed E-state index contributed by atoms with van der Waals surface area (Å²) in [6.45, 7) is 0. The fourth-order valence-electron chi connectivity index (χ4n) is 2.05. The molecule has 0 aliphatic heterocycles. The number of aryl methyl sites for hydroxylation is 1. The number of hydrogen-bond donors (Lipinski definition) is 2. The summed E-state index contributed by atoms with van der Waals surface area (Å²) in [5.74, 6) is -0.808. The van der Waals surface area contributed by atoms with Gasteiger partial charge < -0.3 is 10.2 Å². The van der Waals surface area contributed by atoms with Gasteiger partial charge in [0, 0.05) is 7.05 Å². The predicted molar refractivity (Wildman–Crippen MR) is 72.7 cm³/mol. The van der Waals surface area contributed by atoms with Crippen LogP contribution >= 0.6 is 11.3 Å². The van der Waals surface area contributed by atoms with Crippen molar-refractivity contribution in [2.24, 2.45) is 7.05 Å². The Labute approximate surface area is 112 Å². The van der Waals surface area contributed by atoms with Gasteiger partial charge in [-0.25, -0.2) is 4.79 Å². The summed E-state index contributed by atoms with van der Waals surface area (Å²) >= 11 is 1.35. The molecule has 2 heterocycles. The lowest BCUT2D eigenvalue weighted by Gasteiger charge is -1.99. The predicted octanol–water partition coefficient (Wildman–Crippen LogP) is 2.71. The quantitative estimate of drug-likeness (QED) is 0.753. The first kappa shape index (κ1) is 11.7. The number of benzene rings is 1. The molecule has 2 aromatic heterocycles. The van der Waals surface area contributed by atoms with E-state index in [2.05, 4.69) is 5.10 Å². The van der Waals surface area contributed by atoms with E-state index in [1.165, 1.54) is 22.2 Å². The summed E-state index contributed by atoms with van der Waals surface area (Å²) in [6.07, 6.45) is 1.34. The topological polar surface area (TPSA) is 75.4 Å². The van der Waals surface area contributed by atoms with Crippen LogP contribution in [0, 0.1) is 0 Å². The second kappa shape index (κ2) is 4.10. The Kier molecular flexibility index (Phi) is 2.53. The Morgan fingerprint density at radius 1 is 1.42 bits per heavy atom. The van der Waals surface area contributed by atoms with Crippen molar-refractivity contribution in [1.29, 1.82) is 0 Å². The standard InChI is InChI=1S/C13H10N2O3S/c1-15-11(8(6-14-15)13(17)18)10-5-7-3-2-4-9(16)12(7)19-10/h2-6,16H,1H3,(H,17,18). The number of aromatic hydroxyl groups is 1. The number of fused-ring (bicyclic) bond motifs is 1. The highest BCUT2D eigenvalue weighted by atomic mass is 32.1. The van der Waals surface area contributed by atoms with Crippen LogP contribution < -0.4 is 0 Å². The number of thiophene rings is 1. The van der Waals surface area contributed by atoms with Crippen LogP contribution in [0.15, 0.2) is 30.5 Å². The van der Waals surface area contributed by atoms with Gasteiger partial charge in [0.1, 0.15) is 11.3 Å². The molecule has 19 heavy (non-hydrogen) atoms. The number of aromatic nitrogens is 2. The average Bonchev–Trinajstić information content (AvgIpc) is 2.92. The molecule has 0 aliphatic rings. The van der Waals surface area contributed by atoms with Crippen LogP contribution in [0.4, 0.5) is 0 Å². The summed E-state index contributed by atoms with van der Waals surface area (Å²) < 4.78 is 2.28. The molecule has 0 spiro atoms. The smallest absolute Gasteiger partial charge is 0.339 e. The molecule has 0 aliphatic carbocycles. The summed E-state index contributed by atoms with van der Waals surface area (Å²) in [7, 11) is 1.70. The molecule has 0 unspecified atom stereocenters. The third-order valence-corrected chi connectivity index (χ3v) is 4.11. The zero-order valence-electron chi connectivity index (χ0n) is 9.99. The normalized spacial score (nSPS) is 11.0. The maximum atomic E-state index is 11.2. The van der Waals surface area contributed by atoms with Crippen molar-refractivity contribution in [3.63, 3.8) is 0 Å². The molecule has 0 saturated carbocycles. The van der Waals surface area contributed by atoms with E-state index in [-0.39, 0.29) is 11.3 Å². The maximum Gasteiger partial charge on any atom is 0.339 e. The summed E-state index contributed by atoms with van der Waals surface area (Å²) in [4.78, 5) is 12.0. The van der Waals surface area contributed by atoms with E-state index in [4.69, 9.17) is 0 Å². The molecular formula is C13H10N2O3S. The number of carbonyl (C=O) groups is 1. The molecule has 0 atom stereocenters. The van der Waals surface area contributed by atoms with Gasteiger partial charge in [-0.3, -0.25) is 4.68 Å². The first-order valence-corrected chi connectivity index (χ1v) is 6.37. The van der Waals surface area contributed by atoms with E-state index in [0.29, 0.717) is 5.69 Å². The van der Waals surface area contributed by atoms with Gasteiger partial charge in [0.2, 0.25) is 0 Å². The molecule has 2 N–H and O–H groups in total. The third kappa shape index (κ3) is 1.77. The van der Waals surface area contributed by atoms with Gasteiger partial charge in [-0.15, -0.1) is 11.3 Å². The van der Waals surface area contributed by atoms with Crippen molar-refractivity contribution in [2.45, 2.75) is 0 Å². The highest BCUT2D eigenvalue weighted by molar-refractivity contribution is 7.22. The second-order valence-electron chi connectivity index (χ2n) is 4.14. The van der Waals surface area contributed by atoms with Gasteiger partial charge in [0.05, 0.1) is 21.5 Å². The maximum absolute atomic E-state index is 11.2. The number of rotatable bonds is 2. The van der Waals surface area contributed by atoms with Crippen molar-refractivity contribution in [3.05, 3.63) is 36.0 Å². The molecular weight excluding hydrogens is 264 g/mol. The van der Waals surface area contributed by atoms with Gasteiger partial charge in [-0.2, -0.15) is 5.10 Å². The SMILES string of the molecule is Cn1ncc(C(=O)O)c1-c1cc2cccc(O)c2s1. The van der Waals surface area contributed by atoms with Gasteiger partial charge >= 0.3 is 5.97 Å². The van der Waals surface area contributed by atoms with Crippen LogP contribution in [0.5, 0.6) is 5.75 Å². The van der Waals surface area contributed by atoms with Crippen LogP contribution in [-0.4, -0.2) is 26.0 Å². The third-order valence-electron chi connectivity index (χ3n) is 2.93. The van der Waals surface area contributed by atoms with E-state index in [1.807, 2.05) is 12.1 Å². The highest BCUT2D eigenvalue weighted by Crippen LogP contribution is 2.38. The van der Waals surface area contributed by atoms with Gasteiger partial charge in [-0.05, 0) is 17.5 Å². The van der Waals surface area contributed by atoms with Crippen LogP contribution in [0.3, 0.4) is 0 Å². The zero-order valence-corrected chi connectivity index (χ0v) is 10.8. The second-order valence-corrected chi connectivity index (χ2v) is 5.19. The molecule has 0 amide bonds. The van der Waals surface area contributed by atoms with Crippen LogP contribution in [-0.2, 0) is 7.05 Å². The zero-order chi connectivity index (χ0) is 13.6. The lowest BCUT2D eigenvalue weighted by Crippen LogP contribution is -1.99. The van der Waals surface area contributed by atoms with Crippen LogP contribution in [0.1, 0.15) is 10.4 Å². The molecule has 0 radical (unpaired) electrons. The Morgan fingerprint density at radius 3 is 2.89 bits per heavy atom. The van der Waals surface area contributed by atoms with Gasteiger partial charge in [-0.1, -0.05) is 12.1 Å².